The van der Waals surface area contributed by atoms with Crippen LogP contribution in [0.3, 0.4) is 0 Å². The molecule has 2 aromatic rings. The molecule has 0 aliphatic rings. The third-order valence-corrected chi connectivity index (χ3v) is 2.82. The largest absolute Gasteiger partial charge is 0.464 e. The summed E-state index contributed by atoms with van der Waals surface area (Å²) in [6.45, 7) is 3.84. The van der Waals surface area contributed by atoms with E-state index in [2.05, 4.69) is 9.97 Å². The molecule has 4 nitrogen and oxygen atoms in total. The van der Waals surface area contributed by atoms with Crippen LogP contribution in [0.15, 0.2) is 24.3 Å². The molecule has 0 saturated carbocycles. The minimum atomic E-state index is -0.525. The summed E-state index contributed by atoms with van der Waals surface area (Å²) in [5.74, 6) is -0.519. The number of nitrogens with one attached hydrogen (secondary N) is 1. The second-order valence-corrected chi connectivity index (χ2v) is 4.47. The fraction of sp³-hybridized carbons (Fsp3) is 0.286. The standard InChI is InChI=1S/C14H15FN2O2/c1-8(2)11-12(14(18)19-3)17-13(16-11)9-6-4-5-7-10(9)15/h4-8H,1-3H3,(H,16,17). The number of imidazole rings is 1. The predicted molar refractivity (Wildman–Crippen MR) is 69.4 cm³/mol. The zero-order valence-electron chi connectivity index (χ0n) is 11.0. The number of aromatic nitrogens is 2. The van der Waals surface area contributed by atoms with Crippen LogP contribution in [0.5, 0.6) is 0 Å². The van der Waals surface area contributed by atoms with Crippen molar-refractivity contribution in [3.8, 4) is 11.4 Å². The first-order valence-electron chi connectivity index (χ1n) is 5.97. The van der Waals surface area contributed by atoms with Crippen LogP contribution in [0.4, 0.5) is 4.39 Å². The fourth-order valence-electron chi connectivity index (χ4n) is 1.84. The van der Waals surface area contributed by atoms with E-state index in [0.29, 0.717) is 17.1 Å². The van der Waals surface area contributed by atoms with Crippen LogP contribution in [-0.4, -0.2) is 23.0 Å². The van der Waals surface area contributed by atoms with E-state index >= 15 is 0 Å². The van der Waals surface area contributed by atoms with Crippen molar-refractivity contribution >= 4 is 5.97 Å². The molecule has 0 spiro atoms. The van der Waals surface area contributed by atoms with E-state index in [9.17, 15) is 9.18 Å². The molecule has 19 heavy (non-hydrogen) atoms. The Kier molecular flexibility index (Phi) is 3.64. The summed E-state index contributed by atoms with van der Waals surface area (Å²) in [4.78, 5) is 18.8. The number of carbonyl (C=O) groups excluding carboxylic acids is 1. The lowest BCUT2D eigenvalue weighted by Gasteiger charge is -2.03. The Bertz CT molecular complexity index is 605. The molecule has 100 valence electrons. The summed E-state index contributed by atoms with van der Waals surface area (Å²) >= 11 is 0. The molecule has 0 unspecified atom stereocenters. The molecule has 0 atom stereocenters. The van der Waals surface area contributed by atoms with Gasteiger partial charge in [-0.3, -0.25) is 0 Å². The number of benzene rings is 1. The van der Waals surface area contributed by atoms with Crippen LogP contribution in [0.2, 0.25) is 0 Å². The van der Waals surface area contributed by atoms with Gasteiger partial charge in [0.25, 0.3) is 0 Å². The molecule has 1 heterocycles. The predicted octanol–water partition coefficient (Wildman–Crippen LogP) is 3.13. The first-order chi connectivity index (χ1) is 9.04. The summed E-state index contributed by atoms with van der Waals surface area (Å²) in [5.41, 5.74) is 1.18. The molecule has 2 rings (SSSR count). The second-order valence-electron chi connectivity index (χ2n) is 4.47. The van der Waals surface area contributed by atoms with Crippen LogP contribution in [0.25, 0.3) is 11.4 Å². The molecule has 0 saturated heterocycles. The number of esters is 1. The molecule has 0 amide bonds. The second kappa shape index (κ2) is 5.22. The third kappa shape index (κ3) is 2.50. The smallest absolute Gasteiger partial charge is 0.358 e. The molecule has 1 N–H and O–H groups in total. The Morgan fingerprint density at radius 2 is 2.05 bits per heavy atom. The Hall–Kier alpha value is -2.17. The SMILES string of the molecule is COC(=O)c1nc(-c2ccccc2F)[nH]c1C(C)C. The van der Waals surface area contributed by atoms with Crippen LogP contribution in [-0.2, 0) is 4.74 Å². The lowest BCUT2D eigenvalue weighted by molar-refractivity contribution is 0.0593. The lowest BCUT2D eigenvalue weighted by atomic mass is 10.1. The van der Waals surface area contributed by atoms with Crippen molar-refractivity contribution in [2.75, 3.05) is 7.11 Å². The van der Waals surface area contributed by atoms with E-state index < -0.39 is 5.97 Å². The molecular weight excluding hydrogens is 247 g/mol. The molecule has 0 aliphatic heterocycles. The summed E-state index contributed by atoms with van der Waals surface area (Å²) in [6.07, 6.45) is 0. The van der Waals surface area contributed by atoms with Gasteiger partial charge in [0.05, 0.1) is 18.4 Å². The quantitative estimate of drug-likeness (QED) is 0.864. The van der Waals surface area contributed by atoms with Crippen LogP contribution >= 0.6 is 0 Å². The van der Waals surface area contributed by atoms with Gasteiger partial charge in [0.15, 0.2) is 5.69 Å². The maximum Gasteiger partial charge on any atom is 0.358 e. The first-order valence-corrected chi connectivity index (χ1v) is 5.97. The summed E-state index contributed by atoms with van der Waals surface area (Å²) in [7, 11) is 1.30. The average molecular weight is 262 g/mol. The molecule has 0 bridgehead atoms. The van der Waals surface area contributed by atoms with Gasteiger partial charge >= 0.3 is 5.97 Å². The average Bonchev–Trinajstić information content (AvgIpc) is 2.83. The van der Waals surface area contributed by atoms with Crippen molar-refractivity contribution in [2.45, 2.75) is 19.8 Å². The van der Waals surface area contributed by atoms with Crippen molar-refractivity contribution in [1.82, 2.24) is 9.97 Å². The summed E-state index contributed by atoms with van der Waals surface area (Å²) in [5, 5.41) is 0. The third-order valence-electron chi connectivity index (χ3n) is 2.82. The molecule has 1 aromatic heterocycles. The van der Waals surface area contributed by atoms with E-state index in [0.717, 1.165) is 0 Å². The van der Waals surface area contributed by atoms with Crippen LogP contribution < -0.4 is 0 Å². The van der Waals surface area contributed by atoms with Crippen molar-refractivity contribution in [3.63, 3.8) is 0 Å². The number of methoxy groups -OCH3 is 1. The molecular formula is C14H15FN2O2. The van der Waals surface area contributed by atoms with Crippen molar-refractivity contribution in [1.29, 1.82) is 0 Å². The normalized spacial score (nSPS) is 10.8. The topological polar surface area (TPSA) is 55.0 Å². The van der Waals surface area contributed by atoms with Crippen molar-refractivity contribution in [3.05, 3.63) is 41.5 Å². The Morgan fingerprint density at radius 1 is 1.37 bits per heavy atom. The van der Waals surface area contributed by atoms with E-state index in [1.165, 1.54) is 13.2 Å². The van der Waals surface area contributed by atoms with E-state index in [-0.39, 0.29) is 17.4 Å². The highest BCUT2D eigenvalue weighted by Crippen LogP contribution is 2.25. The minimum absolute atomic E-state index is 0.0575. The number of rotatable bonds is 3. The van der Waals surface area contributed by atoms with Gasteiger partial charge in [0, 0.05) is 0 Å². The zero-order valence-corrected chi connectivity index (χ0v) is 11.0. The van der Waals surface area contributed by atoms with Gasteiger partial charge in [0.2, 0.25) is 0 Å². The lowest BCUT2D eigenvalue weighted by Crippen LogP contribution is -2.06. The highest BCUT2D eigenvalue weighted by atomic mass is 19.1. The number of nitrogens with zero attached hydrogens (tertiary/aromatic N) is 1. The fourth-order valence-corrected chi connectivity index (χ4v) is 1.84. The van der Waals surface area contributed by atoms with Gasteiger partial charge in [-0.05, 0) is 18.1 Å². The van der Waals surface area contributed by atoms with Gasteiger partial charge in [-0.25, -0.2) is 14.2 Å². The van der Waals surface area contributed by atoms with E-state index in [1.807, 2.05) is 13.8 Å². The monoisotopic (exact) mass is 262 g/mol. The Labute approximate surface area is 110 Å². The van der Waals surface area contributed by atoms with Gasteiger partial charge in [-0.1, -0.05) is 26.0 Å². The maximum absolute atomic E-state index is 13.7. The van der Waals surface area contributed by atoms with Crippen LogP contribution in [0, 0.1) is 5.82 Å². The van der Waals surface area contributed by atoms with E-state index in [4.69, 9.17) is 4.74 Å². The first kappa shape index (κ1) is 13.3. The Morgan fingerprint density at radius 3 is 2.63 bits per heavy atom. The number of hydrogen-bond acceptors (Lipinski definition) is 3. The maximum atomic E-state index is 13.7. The number of halogens is 1. The van der Waals surface area contributed by atoms with Crippen LogP contribution in [0.1, 0.15) is 35.9 Å². The van der Waals surface area contributed by atoms with E-state index in [1.54, 1.807) is 18.2 Å². The minimum Gasteiger partial charge on any atom is -0.464 e. The number of aromatic amines is 1. The number of carbonyl (C=O) groups is 1. The molecule has 0 fully saturated rings. The van der Waals surface area contributed by atoms with Gasteiger partial charge < -0.3 is 9.72 Å². The van der Waals surface area contributed by atoms with Crippen molar-refractivity contribution in [2.24, 2.45) is 0 Å². The Balaban J connectivity index is 2.55. The zero-order chi connectivity index (χ0) is 14.0. The van der Waals surface area contributed by atoms with Gasteiger partial charge in [0.1, 0.15) is 11.6 Å². The summed E-state index contributed by atoms with van der Waals surface area (Å²) in [6, 6.07) is 6.28. The molecule has 0 aliphatic carbocycles. The van der Waals surface area contributed by atoms with Gasteiger partial charge in [-0.2, -0.15) is 0 Å². The highest BCUT2D eigenvalue weighted by molar-refractivity contribution is 5.89. The summed E-state index contributed by atoms with van der Waals surface area (Å²) < 4.78 is 18.4. The number of H-pyrrole nitrogens is 1. The van der Waals surface area contributed by atoms with Crippen molar-refractivity contribution < 1.29 is 13.9 Å². The molecule has 0 radical (unpaired) electrons. The molecule has 5 heteroatoms. The number of ether oxygens (including phenoxy) is 1. The molecule has 1 aromatic carbocycles. The van der Waals surface area contributed by atoms with Gasteiger partial charge in [-0.15, -0.1) is 0 Å². The number of hydrogen-bond donors (Lipinski definition) is 1. The highest BCUT2D eigenvalue weighted by Gasteiger charge is 2.21.